The van der Waals surface area contributed by atoms with E-state index in [-0.39, 0.29) is 38.3 Å². The molecule has 0 radical (unpaired) electrons. The number of halogens is 3. The summed E-state index contributed by atoms with van der Waals surface area (Å²) in [4.78, 5) is 13.6. The maximum Gasteiger partial charge on any atom is 0.416 e. The molecule has 0 spiro atoms. The van der Waals surface area contributed by atoms with Crippen molar-refractivity contribution in [2.24, 2.45) is 0 Å². The van der Waals surface area contributed by atoms with Crippen LogP contribution in [0.1, 0.15) is 24.5 Å². The number of piperazine rings is 1. The van der Waals surface area contributed by atoms with E-state index in [1.165, 1.54) is 10.5 Å². The lowest BCUT2D eigenvalue weighted by Gasteiger charge is -2.34. The number of rotatable bonds is 6. The summed E-state index contributed by atoms with van der Waals surface area (Å²) in [6.07, 6.45) is -3.04. The van der Waals surface area contributed by atoms with E-state index in [1.807, 2.05) is 37.3 Å². The normalized spacial score (nSPS) is 16.6. The number of benzene rings is 2. The van der Waals surface area contributed by atoms with Crippen LogP contribution >= 0.6 is 0 Å². The number of hydrogen-bond donors (Lipinski definition) is 1. The smallest absolute Gasteiger partial charge is 0.336 e. The fourth-order valence-corrected chi connectivity index (χ4v) is 4.98. The number of hydrogen-bond acceptors (Lipinski definition) is 3. The summed E-state index contributed by atoms with van der Waals surface area (Å²) in [5, 5.41) is 2.92. The second-order valence-corrected chi connectivity index (χ2v) is 9.73. The van der Waals surface area contributed by atoms with Gasteiger partial charge in [0.15, 0.2) is 0 Å². The van der Waals surface area contributed by atoms with Crippen LogP contribution in [0.2, 0.25) is 0 Å². The molecule has 1 fully saturated rings. The number of carbonyl (C=O) groups excluding carboxylic acids is 1. The summed E-state index contributed by atoms with van der Waals surface area (Å²) in [5.74, 6) is 0. The van der Waals surface area contributed by atoms with Crippen LogP contribution in [0.3, 0.4) is 0 Å². The number of alkyl halides is 3. The minimum atomic E-state index is -4.63. The number of nitrogens with one attached hydrogen (secondary N) is 1. The third-order valence-corrected chi connectivity index (χ3v) is 7.30. The molecular formula is C22H26F3N3O3S. The Morgan fingerprint density at radius 2 is 1.69 bits per heavy atom. The first kappa shape index (κ1) is 24.1. The zero-order chi connectivity index (χ0) is 23.4. The molecule has 6 nitrogen and oxygen atoms in total. The monoisotopic (exact) mass is 469 g/mol. The van der Waals surface area contributed by atoms with Crippen molar-refractivity contribution in [3.8, 4) is 0 Å². The lowest BCUT2D eigenvalue weighted by Crippen LogP contribution is -2.54. The number of nitrogens with zero attached hydrogens (tertiary/aromatic N) is 2. The molecule has 1 aliphatic rings. The molecule has 0 aromatic heterocycles. The summed E-state index contributed by atoms with van der Waals surface area (Å²) in [7, 11) is -4.08. The van der Waals surface area contributed by atoms with Crippen molar-refractivity contribution in [3.63, 3.8) is 0 Å². The van der Waals surface area contributed by atoms with Gasteiger partial charge in [-0.2, -0.15) is 17.5 Å². The van der Waals surface area contributed by atoms with E-state index in [9.17, 15) is 26.4 Å². The van der Waals surface area contributed by atoms with Gasteiger partial charge in [-0.15, -0.1) is 0 Å². The van der Waals surface area contributed by atoms with E-state index in [0.717, 1.165) is 35.3 Å². The number of amides is 2. The summed E-state index contributed by atoms with van der Waals surface area (Å²) >= 11 is 0. The van der Waals surface area contributed by atoms with Gasteiger partial charge >= 0.3 is 12.2 Å². The fourth-order valence-electron chi connectivity index (χ4n) is 3.52. The van der Waals surface area contributed by atoms with Gasteiger partial charge in [0.1, 0.15) is 0 Å². The molecule has 0 bridgehead atoms. The van der Waals surface area contributed by atoms with E-state index in [2.05, 4.69) is 5.32 Å². The maximum absolute atomic E-state index is 12.9. The summed E-state index contributed by atoms with van der Waals surface area (Å²) in [6, 6.07) is 13.3. The van der Waals surface area contributed by atoms with Crippen molar-refractivity contribution in [1.82, 2.24) is 14.5 Å². The number of sulfonamides is 1. The van der Waals surface area contributed by atoms with Gasteiger partial charge in [-0.1, -0.05) is 36.4 Å². The van der Waals surface area contributed by atoms with Crippen LogP contribution in [0.5, 0.6) is 0 Å². The van der Waals surface area contributed by atoms with E-state index >= 15 is 0 Å². The topological polar surface area (TPSA) is 69.7 Å². The molecule has 32 heavy (non-hydrogen) atoms. The Bertz CT molecular complexity index is 1020. The lowest BCUT2D eigenvalue weighted by molar-refractivity contribution is -0.137. The van der Waals surface area contributed by atoms with Gasteiger partial charge in [-0.05, 0) is 43.5 Å². The Balaban J connectivity index is 1.53. The molecule has 1 aliphatic heterocycles. The molecule has 0 unspecified atom stereocenters. The van der Waals surface area contributed by atoms with Gasteiger partial charge in [0.25, 0.3) is 0 Å². The first-order valence-electron chi connectivity index (χ1n) is 10.3. The Hall–Kier alpha value is -2.59. The average Bonchev–Trinajstić information content (AvgIpc) is 2.78. The van der Waals surface area contributed by atoms with Crippen LogP contribution in [0.15, 0.2) is 59.5 Å². The Morgan fingerprint density at radius 1 is 1.03 bits per heavy atom. The predicted molar refractivity (Wildman–Crippen MR) is 115 cm³/mol. The number of carbonyl (C=O) groups is 1. The van der Waals surface area contributed by atoms with Gasteiger partial charge in [0.2, 0.25) is 10.0 Å². The highest BCUT2D eigenvalue weighted by Crippen LogP contribution is 2.31. The molecular weight excluding hydrogens is 443 g/mol. The first-order valence-corrected chi connectivity index (χ1v) is 11.8. The molecule has 2 aromatic carbocycles. The van der Waals surface area contributed by atoms with Gasteiger partial charge < -0.3 is 10.2 Å². The Morgan fingerprint density at radius 3 is 2.31 bits per heavy atom. The van der Waals surface area contributed by atoms with Crippen molar-refractivity contribution < 1.29 is 26.4 Å². The van der Waals surface area contributed by atoms with Gasteiger partial charge in [-0.25, -0.2) is 13.2 Å². The largest absolute Gasteiger partial charge is 0.416 e. The summed E-state index contributed by atoms with van der Waals surface area (Å²) in [6.45, 7) is 2.27. The van der Waals surface area contributed by atoms with Crippen molar-refractivity contribution >= 4 is 16.1 Å². The highest BCUT2D eigenvalue weighted by atomic mass is 32.2. The zero-order valence-corrected chi connectivity index (χ0v) is 18.5. The van der Waals surface area contributed by atoms with Crippen molar-refractivity contribution in [1.29, 1.82) is 0 Å². The molecule has 3 rings (SSSR count). The summed E-state index contributed by atoms with van der Waals surface area (Å²) < 4.78 is 65.5. The highest BCUT2D eigenvalue weighted by molar-refractivity contribution is 7.89. The molecule has 174 valence electrons. The van der Waals surface area contributed by atoms with E-state index in [1.54, 1.807) is 0 Å². The molecule has 2 aromatic rings. The highest BCUT2D eigenvalue weighted by Gasteiger charge is 2.34. The van der Waals surface area contributed by atoms with Gasteiger partial charge in [0, 0.05) is 32.2 Å². The minimum absolute atomic E-state index is 0.0182. The molecule has 2 amide bonds. The molecule has 1 N–H and O–H groups in total. The van der Waals surface area contributed by atoms with Gasteiger partial charge in [0.05, 0.1) is 10.5 Å². The van der Waals surface area contributed by atoms with Crippen LogP contribution in [-0.4, -0.2) is 55.9 Å². The number of aryl methyl sites for hydroxylation is 1. The quantitative estimate of drug-likeness (QED) is 0.701. The van der Waals surface area contributed by atoms with E-state index in [4.69, 9.17) is 0 Å². The predicted octanol–water partition coefficient (Wildman–Crippen LogP) is 3.74. The standard InChI is InChI=1S/C22H26F3N3O3S/c1-17(10-11-18-6-3-2-4-7-18)26-21(29)27-12-14-28(15-13-27)32(30,31)20-9-5-8-19(16-20)22(23,24)25/h2-9,16-17H,10-15H2,1H3,(H,26,29)/t17-/m0/s1. The molecule has 10 heteroatoms. The van der Waals surface area contributed by atoms with Crippen LogP contribution in [0, 0.1) is 0 Å². The van der Waals surface area contributed by atoms with Crippen molar-refractivity contribution in [3.05, 3.63) is 65.7 Å². The van der Waals surface area contributed by atoms with Gasteiger partial charge in [-0.3, -0.25) is 0 Å². The van der Waals surface area contributed by atoms with Crippen LogP contribution in [0.25, 0.3) is 0 Å². The fraction of sp³-hybridized carbons (Fsp3) is 0.409. The van der Waals surface area contributed by atoms with Crippen LogP contribution in [-0.2, 0) is 22.6 Å². The van der Waals surface area contributed by atoms with E-state index in [0.29, 0.717) is 6.07 Å². The lowest BCUT2D eigenvalue weighted by atomic mass is 10.1. The van der Waals surface area contributed by atoms with E-state index < -0.39 is 26.7 Å². The van der Waals surface area contributed by atoms with Crippen LogP contribution < -0.4 is 5.32 Å². The van der Waals surface area contributed by atoms with Crippen molar-refractivity contribution in [2.45, 2.75) is 36.9 Å². The molecule has 1 heterocycles. The molecule has 0 saturated carbocycles. The molecule has 1 saturated heterocycles. The van der Waals surface area contributed by atoms with Crippen molar-refractivity contribution in [2.75, 3.05) is 26.2 Å². The Kier molecular flexibility index (Phi) is 7.45. The third-order valence-electron chi connectivity index (χ3n) is 5.40. The Labute approximate surface area is 186 Å². The average molecular weight is 470 g/mol. The third kappa shape index (κ3) is 6.01. The SMILES string of the molecule is C[C@@H](CCc1ccccc1)NC(=O)N1CCN(S(=O)(=O)c2cccc(C(F)(F)F)c2)CC1. The minimum Gasteiger partial charge on any atom is -0.336 e. The summed E-state index contributed by atoms with van der Waals surface area (Å²) in [5.41, 5.74) is 0.170. The van der Waals surface area contributed by atoms with Crippen LogP contribution in [0.4, 0.5) is 18.0 Å². The second-order valence-electron chi connectivity index (χ2n) is 7.79. The second kappa shape index (κ2) is 9.91. The first-order chi connectivity index (χ1) is 15.1. The molecule has 0 aliphatic carbocycles. The molecule has 1 atom stereocenters. The zero-order valence-electron chi connectivity index (χ0n) is 17.7. The maximum atomic E-state index is 12.9. The number of urea groups is 1.